The van der Waals surface area contributed by atoms with E-state index in [1.165, 1.54) is 6.20 Å². The molecule has 0 spiro atoms. The van der Waals surface area contributed by atoms with Gasteiger partial charge in [0.1, 0.15) is 0 Å². The minimum absolute atomic E-state index is 0.0319. The number of carbonyl (C=O) groups is 2. The van der Waals surface area contributed by atoms with Gasteiger partial charge in [-0.15, -0.1) is 0 Å². The quantitative estimate of drug-likeness (QED) is 0.264. The standard InChI is InChI=1S/C29H35ClN4O2/c1-19(2)25(18-31-7)28(36)33-12-10-22(11-13-33)20(3)16-32-17-21(4)34-27(35)14-23-8-9-24(30)15-26(23)29(34,5)6/h8-9,15-18,22H,1,3,7,10-14H2,2,4-6H3/b21-17+,25-18+,32-16?. The van der Waals surface area contributed by atoms with Gasteiger partial charge < -0.3 is 9.80 Å². The third-order valence-electron chi connectivity index (χ3n) is 6.95. The van der Waals surface area contributed by atoms with Crippen molar-refractivity contribution in [2.45, 2.75) is 52.5 Å². The first-order valence-corrected chi connectivity index (χ1v) is 12.5. The number of carbonyl (C=O) groups excluding carboxylic acids is 2. The third kappa shape index (κ3) is 5.76. The van der Waals surface area contributed by atoms with E-state index in [0.717, 1.165) is 35.2 Å². The molecule has 0 bridgehead atoms. The van der Waals surface area contributed by atoms with Gasteiger partial charge in [0, 0.05) is 42.4 Å². The van der Waals surface area contributed by atoms with Gasteiger partial charge in [-0.1, -0.05) is 30.8 Å². The highest BCUT2D eigenvalue weighted by atomic mass is 35.5. The first kappa shape index (κ1) is 27.3. The molecule has 0 atom stereocenters. The highest BCUT2D eigenvalue weighted by Crippen LogP contribution is 2.39. The van der Waals surface area contributed by atoms with Crippen molar-refractivity contribution in [3.05, 3.63) is 82.3 Å². The summed E-state index contributed by atoms with van der Waals surface area (Å²) in [6.07, 6.45) is 6.89. The summed E-state index contributed by atoms with van der Waals surface area (Å²) < 4.78 is 0. The Hall–Kier alpha value is -3.25. The Morgan fingerprint density at radius 3 is 2.44 bits per heavy atom. The van der Waals surface area contributed by atoms with Crippen LogP contribution in [0.2, 0.25) is 5.02 Å². The predicted molar refractivity (Wildman–Crippen MR) is 148 cm³/mol. The van der Waals surface area contributed by atoms with E-state index in [2.05, 4.69) is 29.9 Å². The van der Waals surface area contributed by atoms with E-state index < -0.39 is 5.54 Å². The first-order valence-electron chi connectivity index (χ1n) is 12.1. The average Bonchev–Trinajstić information content (AvgIpc) is 2.82. The topological polar surface area (TPSA) is 65.3 Å². The van der Waals surface area contributed by atoms with Gasteiger partial charge in [0.25, 0.3) is 5.91 Å². The zero-order chi connectivity index (χ0) is 26.6. The molecule has 2 heterocycles. The molecule has 0 unspecified atom stereocenters. The molecule has 190 valence electrons. The lowest BCUT2D eigenvalue weighted by Crippen LogP contribution is -2.49. The van der Waals surface area contributed by atoms with Crippen molar-refractivity contribution < 1.29 is 9.59 Å². The minimum Gasteiger partial charge on any atom is -0.339 e. The minimum atomic E-state index is -0.541. The van der Waals surface area contributed by atoms with Crippen LogP contribution in [-0.2, 0) is 21.5 Å². The van der Waals surface area contributed by atoms with Crippen molar-refractivity contribution in [3.8, 4) is 0 Å². The number of piperidine rings is 1. The lowest BCUT2D eigenvalue weighted by molar-refractivity contribution is -0.134. The molecule has 0 N–H and O–H groups in total. The fourth-order valence-corrected chi connectivity index (χ4v) is 5.22. The summed E-state index contributed by atoms with van der Waals surface area (Å²) in [6, 6.07) is 5.70. The number of nitrogens with zero attached hydrogens (tertiary/aromatic N) is 4. The molecule has 0 aromatic heterocycles. The second-order valence-electron chi connectivity index (χ2n) is 9.96. The van der Waals surface area contributed by atoms with Crippen LogP contribution in [0.4, 0.5) is 0 Å². The molecule has 2 aliphatic rings. The Morgan fingerprint density at radius 1 is 1.17 bits per heavy atom. The highest BCUT2D eigenvalue weighted by Gasteiger charge is 2.39. The molecule has 0 aliphatic carbocycles. The number of fused-ring (bicyclic) bond motifs is 1. The van der Waals surface area contributed by atoms with Crippen LogP contribution in [0.25, 0.3) is 0 Å². The van der Waals surface area contributed by atoms with Crippen molar-refractivity contribution in [1.82, 2.24) is 9.80 Å². The summed E-state index contributed by atoms with van der Waals surface area (Å²) in [6.45, 7) is 20.5. The zero-order valence-electron chi connectivity index (χ0n) is 21.7. The Kier molecular flexibility index (Phi) is 8.51. The number of likely N-dealkylation sites (tertiary alicyclic amines) is 1. The largest absolute Gasteiger partial charge is 0.339 e. The van der Waals surface area contributed by atoms with Crippen molar-refractivity contribution in [1.29, 1.82) is 0 Å². The molecular weight excluding hydrogens is 472 g/mol. The van der Waals surface area contributed by atoms with Crippen molar-refractivity contribution in [2.24, 2.45) is 15.9 Å². The molecule has 1 aromatic carbocycles. The number of rotatable bonds is 7. The molecule has 1 fully saturated rings. The zero-order valence-corrected chi connectivity index (χ0v) is 22.4. The summed E-state index contributed by atoms with van der Waals surface area (Å²) in [5.41, 5.74) is 4.35. The molecule has 3 rings (SSSR count). The van der Waals surface area contributed by atoms with Gasteiger partial charge in [-0.3, -0.25) is 19.6 Å². The fourth-order valence-electron chi connectivity index (χ4n) is 5.05. The van der Waals surface area contributed by atoms with E-state index in [1.807, 2.05) is 43.9 Å². The van der Waals surface area contributed by atoms with Crippen LogP contribution in [0.5, 0.6) is 0 Å². The van der Waals surface area contributed by atoms with Crippen LogP contribution in [0.1, 0.15) is 51.7 Å². The predicted octanol–water partition coefficient (Wildman–Crippen LogP) is 5.85. The monoisotopic (exact) mass is 506 g/mol. The Bertz CT molecular complexity index is 1180. The number of aliphatic imine (C=N–C) groups is 2. The summed E-state index contributed by atoms with van der Waals surface area (Å²) in [5.74, 6) is 0.204. The summed E-state index contributed by atoms with van der Waals surface area (Å²) in [4.78, 5) is 37.6. The van der Waals surface area contributed by atoms with E-state index in [0.29, 0.717) is 35.7 Å². The molecule has 6 nitrogen and oxygen atoms in total. The summed E-state index contributed by atoms with van der Waals surface area (Å²) in [5, 5.41) is 0.657. The third-order valence-corrected chi connectivity index (χ3v) is 7.19. The van der Waals surface area contributed by atoms with E-state index in [1.54, 1.807) is 24.2 Å². The molecule has 36 heavy (non-hydrogen) atoms. The summed E-state index contributed by atoms with van der Waals surface area (Å²) >= 11 is 6.24. The Balaban J connectivity index is 1.64. The molecule has 1 saturated heterocycles. The van der Waals surface area contributed by atoms with Gasteiger partial charge in [0.2, 0.25) is 5.91 Å². The maximum absolute atomic E-state index is 13.0. The van der Waals surface area contributed by atoms with Crippen molar-refractivity contribution >= 4 is 36.3 Å². The Labute approximate surface area is 219 Å². The van der Waals surface area contributed by atoms with Gasteiger partial charge in [-0.05, 0) is 87.6 Å². The van der Waals surface area contributed by atoms with E-state index in [9.17, 15) is 9.59 Å². The fraction of sp³-hybridized carbons (Fsp3) is 0.379. The van der Waals surface area contributed by atoms with E-state index in [4.69, 9.17) is 11.6 Å². The van der Waals surface area contributed by atoms with Gasteiger partial charge >= 0.3 is 0 Å². The maximum Gasteiger partial charge on any atom is 0.255 e. The van der Waals surface area contributed by atoms with Crippen LogP contribution in [-0.4, -0.2) is 47.6 Å². The number of hydrogen-bond acceptors (Lipinski definition) is 4. The lowest BCUT2D eigenvalue weighted by Gasteiger charge is -2.44. The number of allylic oxidation sites excluding steroid dienone is 2. The number of halogens is 1. The number of benzene rings is 1. The smallest absolute Gasteiger partial charge is 0.255 e. The average molecular weight is 507 g/mol. The van der Waals surface area contributed by atoms with Crippen LogP contribution in [0.3, 0.4) is 0 Å². The summed E-state index contributed by atoms with van der Waals surface area (Å²) in [7, 11) is 0. The van der Waals surface area contributed by atoms with Gasteiger partial charge in [-0.25, -0.2) is 0 Å². The van der Waals surface area contributed by atoms with Crippen LogP contribution >= 0.6 is 11.6 Å². The number of amides is 2. The molecule has 0 radical (unpaired) electrons. The SMILES string of the molecule is C=N/C=C(\C(=C)C)C(=O)N1CCC(C(=C)C=N/C=C(\C)N2C(=O)Cc3ccc(Cl)cc3C2(C)C)CC1. The van der Waals surface area contributed by atoms with Gasteiger partial charge in [-0.2, -0.15) is 0 Å². The second-order valence-corrected chi connectivity index (χ2v) is 10.4. The maximum atomic E-state index is 13.0. The molecule has 7 heteroatoms. The first-order chi connectivity index (χ1) is 17.0. The van der Waals surface area contributed by atoms with Crippen LogP contribution < -0.4 is 0 Å². The molecule has 2 amide bonds. The highest BCUT2D eigenvalue weighted by molar-refractivity contribution is 6.30. The van der Waals surface area contributed by atoms with E-state index >= 15 is 0 Å². The van der Waals surface area contributed by atoms with Gasteiger partial charge in [0.05, 0.1) is 17.5 Å². The van der Waals surface area contributed by atoms with Crippen LogP contribution in [0, 0.1) is 5.92 Å². The molecule has 2 aliphatic heterocycles. The lowest BCUT2D eigenvalue weighted by atomic mass is 9.82. The second kappa shape index (κ2) is 11.2. The van der Waals surface area contributed by atoms with Crippen LogP contribution in [0.15, 0.2) is 76.2 Å². The molecular formula is C29H35ClN4O2. The normalized spacial score (nSPS) is 18.9. The molecule has 0 saturated carbocycles. The molecule has 1 aromatic rings. The Morgan fingerprint density at radius 2 is 1.83 bits per heavy atom. The van der Waals surface area contributed by atoms with Crippen molar-refractivity contribution in [2.75, 3.05) is 13.1 Å². The number of hydrogen-bond donors (Lipinski definition) is 0. The van der Waals surface area contributed by atoms with Gasteiger partial charge in [0.15, 0.2) is 0 Å². The van der Waals surface area contributed by atoms with E-state index in [-0.39, 0.29) is 17.7 Å². The van der Waals surface area contributed by atoms with Crippen molar-refractivity contribution in [3.63, 3.8) is 0 Å².